The van der Waals surface area contributed by atoms with Crippen LogP contribution in [0, 0.1) is 12.8 Å². The van der Waals surface area contributed by atoms with Crippen molar-refractivity contribution in [2.75, 3.05) is 0 Å². The van der Waals surface area contributed by atoms with Crippen LogP contribution in [-0.2, 0) is 19.4 Å². The number of rotatable bonds is 4. The summed E-state index contributed by atoms with van der Waals surface area (Å²) in [6.45, 7) is 7.21. The summed E-state index contributed by atoms with van der Waals surface area (Å²) in [5, 5.41) is 4.31. The third-order valence-corrected chi connectivity index (χ3v) is 6.60. The van der Waals surface area contributed by atoms with Crippen LogP contribution in [0.4, 0.5) is 0 Å². The molecule has 0 unspecified atom stereocenters. The first-order chi connectivity index (χ1) is 12.5. The summed E-state index contributed by atoms with van der Waals surface area (Å²) in [7, 11) is 0. The molecule has 5 heteroatoms. The zero-order chi connectivity index (χ0) is 18.3. The second-order valence-electron chi connectivity index (χ2n) is 7.51. The second-order valence-corrected chi connectivity index (χ2v) is 8.60. The van der Waals surface area contributed by atoms with Crippen LogP contribution in [-0.4, -0.2) is 9.97 Å². The Morgan fingerprint density at radius 3 is 3.00 bits per heavy atom. The molecule has 2 aromatic heterocycles. The maximum absolute atomic E-state index is 12.7. The number of hydrogen-bond acceptors (Lipinski definition) is 4. The molecule has 0 spiro atoms. The molecule has 3 aromatic rings. The minimum absolute atomic E-state index is 0.00948. The van der Waals surface area contributed by atoms with Crippen LogP contribution in [0.3, 0.4) is 0 Å². The number of aryl methyl sites for hydroxylation is 2. The van der Waals surface area contributed by atoms with Gasteiger partial charge < -0.3 is 10.3 Å². The molecule has 0 radical (unpaired) electrons. The Hall–Kier alpha value is -1.98. The molecule has 2 heterocycles. The van der Waals surface area contributed by atoms with E-state index in [1.807, 2.05) is 0 Å². The molecule has 26 heavy (non-hydrogen) atoms. The van der Waals surface area contributed by atoms with Crippen molar-refractivity contribution in [3.05, 3.63) is 62.0 Å². The number of thiophene rings is 1. The highest BCUT2D eigenvalue weighted by Gasteiger charge is 2.23. The number of nitrogens with zero attached hydrogens (tertiary/aromatic N) is 1. The Morgan fingerprint density at radius 1 is 1.38 bits per heavy atom. The van der Waals surface area contributed by atoms with Crippen LogP contribution in [0.2, 0.25) is 0 Å². The van der Waals surface area contributed by atoms with E-state index in [9.17, 15) is 4.79 Å². The average Bonchev–Trinajstić information content (AvgIpc) is 2.98. The van der Waals surface area contributed by atoms with Gasteiger partial charge in [0.05, 0.1) is 11.4 Å². The van der Waals surface area contributed by atoms with Gasteiger partial charge in [-0.15, -0.1) is 11.3 Å². The fourth-order valence-corrected chi connectivity index (χ4v) is 5.13. The van der Waals surface area contributed by atoms with E-state index >= 15 is 0 Å². The molecule has 1 aromatic carbocycles. The average molecular weight is 368 g/mol. The summed E-state index contributed by atoms with van der Waals surface area (Å²) in [6.07, 6.45) is 3.24. The first-order valence-corrected chi connectivity index (χ1v) is 10.2. The van der Waals surface area contributed by atoms with Gasteiger partial charge in [0.2, 0.25) is 0 Å². The fraction of sp³-hybridized carbons (Fsp3) is 0.429. The van der Waals surface area contributed by atoms with Crippen LogP contribution in [0.1, 0.15) is 53.7 Å². The first kappa shape index (κ1) is 17.4. The van der Waals surface area contributed by atoms with Gasteiger partial charge in [0.25, 0.3) is 5.56 Å². The molecule has 4 rings (SSSR count). The van der Waals surface area contributed by atoms with Crippen molar-refractivity contribution in [3.63, 3.8) is 0 Å². The molecule has 0 saturated heterocycles. The third-order valence-electron chi connectivity index (χ3n) is 5.45. The largest absolute Gasteiger partial charge is 0.309 e. The van der Waals surface area contributed by atoms with Crippen molar-refractivity contribution in [1.82, 2.24) is 15.3 Å². The monoisotopic (exact) mass is 367 g/mol. The van der Waals surface area contributed by atoms with E-state index in [1.54, 1.807) is 11.3 Å². The van der Waals surface area contributed by atoms with E-state index in [-0.39, 0.29) is 11.6 Å². The van der Waals surface area contributed by atoms with Crippen molar-refractivity contribution in [1.29, 1.82) is 0 Å². The number of aromatic nitrogens is 2. The number of benzene rings is 1. The van der Waals surface area contributed by atoms with E-state index in [1.165, 1.54) is 21.6 Å². The number of hydrogen-bond donors (Lipinski definition) is 2. The second kappa shape index (κ2) is 6.97. The van der Waals surface area contributed by atoms with Gasteiger partial charge >= 0.3 is 0 Å². The van der Waals surface area contributed by atoms with Gasteiger partial charge in [-0.1, -0.05) is 31.2 Å². The number of nitrogens with one attached hydrogen (secondary N) is 2. The predicted octanol–water partition coefficient (Wildman–Crippen LogP) is 4.27. The number of fused-ring (bicyclic) bond motifs is 3. The lowest BCUT2D eigenvalue weighted by Gasteiger charge is -2.17. The van der Waals surface area contributed by atoms with Gasteiger partial charge in [0, 0.05) is 11.4 Å². The highest BCUT2D eigenvalue weighted by molar-refractivity contribution is 7.18. The van der Waals surface area contributed by atoms with Gasteiger partial charge in [-0.05, 0) is 55.7 Å². The van der Waals surface area contributed by atoms with Gasteiger partial charge in [0.1, 0.15) is 10.7 Å². The predicted molar refractivity (Wildman–Crippen MR) is 108 cm³/mol. The molecule has 136 valence electrons. The first-order valence-electron chi connectivity index (χ1n) is 9.35. The summed E-state index contributed by atoms with van der Waals surface area (Å²) in [5.41, 5.74) is 3.79. The Morgan fingerprint density at radius 2 is 2.19 bits per heavy atom. The van der Waals surface area contributed by atoms with E-state index in [2.05, 4.69) is 55.3 Å². The van der Waals surface area contributed by atoms with E-state index in [4.69, 9.17) is 4.98 Å². The molecule has 0 bridgehead atoms. The lowest BCUT2D eigenvalue weighted by Crippen LogP contribution is -2.24. The third kappa shape index (κ3) is 3.21. The molecule has 1 aliphatic carbocycles. The number of H-pyrrole nitrogens is 1. The maximum atomic E-state index is 12.7. The van der Waals surface area contributed by atoms with Crippen LogP contribution in [0.15, 0.2) is 29.1 Å². The topological polar surface area (TPSA) is 57.8 Å². The summed E-state index contributed by atoms with van der Waals surface area (Å²) >= 11 is 1.71. The minimum Gasteiger partial charge on any atom is -0.309 e. The molecule has 2 N–H and O–H groups in total. The van der Waals surface area contributed by atoms with Crippen molar-refractivity contribution >= 4 is 21.6 Å². The number of aromatic amines is 1. The summed E-state index contributed by atoms with van der Waals surface area (Å²) in [4.78, 5) is 22.8. The maximum Gasteiger partial charge on any atom is 0.259 e. The van der Waals surface area contributed by atoms with Crippen LogP contribution in [0.5, 0.6) is 0 Å². The zero-order valence-electron chi connectivity index (χ0n) is 15.6. The molecule has 0 saturated carbocycles. The quantitative estimate of drug-likeness (QED) is 0.724. The van der Waals surface area contributed by atoms with Crippen molar-refractivity contribution < 1.29 is 0 Å². The van der Waals surface area contributed by atoms with Crippen molar-refractivity contribution in [2.24, 2.45) is 5.92 Å². The SMILES string of the molecule is Cc1ccccc1CN[C@H](C)c1nc2sc3c(c2c(=O)[nH]1)CC[C@H](C)C3. The van der Waals surface area contributed by atoms with Crippen LogP contribution >= 0.6 is 11.3 Å². The highest BCUT2D eigenvalue weighted by Crippen LogP contribution is 2.35. The van der Waals surface area contributed by atoms with Gasteiger partial charge in [-0.2, -0.15) is 0 Å². The van der Waals surface area contributed by atoms with Crippen molar-refractivity contribution in [3.8, 4) is 0 Å². The summed E-state index contributed by atoms with van der Waals surface area (Å²) in [6, 6.07) is 8.34. The lowest BCUT2D eigenvalue weighted by molar-refractivity contribution is 0.509. The smallest absolute Gasteiger partial charge is 0.259 e. The molecular formula is C21H25N3OS. The Balaban J connectivity index is 1.61. The lowest BCUT2D eigenvalue weighted by atomic mass is 9.89. The van der Waals surface area contributed by atoms with E-state index in [0.29, 0.717) is 5.92 Å². The van der Waals surface area contributed by atoms with Crippen molar-refractivity contribution in [2.45, 2.75) is 52.6 Å². The molecule has 2 atom stereocenters. The van der Waals surface area contributed by atoms with Crippen LogP contribution in [0.25, 0.3) is 10.2 Å². The van der Waals surface area contributed by atoms with E-state index < -0.39 is 0 Å². The standard InChI is InChI=1S/C21H25N3OS/c1-12-8-9-16-17(10-12)26-21-18(16)20(25)23-19(24-21)14(3)22-11-15-7-5-4-6-13(15)2/h4-7,12,14,22H,8-11H2,1-3H3,(H,23,24,25)/t12-,14+/m0/s1. The fourth-order valence-electron chi connectivity index (χ4n) is 3.74. The minimum atomic E-state index is -0.00948. The summed E-state index contributed by atoms with van der Waals surface area (Å²) in [5.74, 6) is 1.42. The Kier molecular flexibility index (Phi) is 4.67. The van der Waals surface area contributed by atoms with Gasteiger partial charge in [0.15, 0.2) is 0 Å². The Labute approximate surface area is 157 Å². The molecule has 0 fully saturated rings. The van der Waals surface area contributed by atoms with Gasteiger partial charge in [-0.3, -0.25) is 4.79 Å². The molecule has 4 nitrogen and oxygen atoms in total. The highest BCUT2D eigenvalue weighted by atomic mass is 32.1. The molecular weight excluding hydrogens is 342 g/mol. The Bertz CT molecular complexity index is 1000. The molecule has 0 aliphatic heterocycles. The molecule has 1 aliphatic rings. The summed E-state index contributed by atoms with van der Waals surface area (Å²) < 4.78 is 0. The normalized spacial score (nSPS) is 18.0. The van der Waals surface area contributed by atoms with E-state index in [0.717, 1.165) is 41.8 Å². The van der Waals surface area contributed by atoms with Gasteiger partial charge in [-0.25, -0.2) is 4.98 Å². The molecule has 0 amide bonds. The zero-order valence-corrected chi connectivity index (χ0v) is 16.4. The van der Waals surface area contributed by atoms with Crippen LogP contribution < -0.4 is 10.9 Å².